The summed E-state index contributed by atoms with van der Waals surface area (Å²) in [6.45, 7) is 6.52. The van der Waals surface area contributed by atoms with Gasteiger partial charge in [-0.3, -0.25) is 14.4 Å². The van der Waals surface area contributed by atoms with Crippen LogP contribution in [-0.4, -0.2) is 37.2 Å². The molecule has 0 aliphatic rings. The van der Waals surface area contributed by atoms with Crippen LogP contribution in [0, 0.1) is 0 Å². The lowest BCUT2D eigenvalue weighted by atomic mass is 10.0. The quantitative estimate of drug-likeness (QED) is 0.0261. The number of carbonyl (C=O) groups is 3. The Morgan fingerprint density at radius 1 is 0.300 bits per heavy atom. The number of allylic oxidation sites excluding steroid dienone is 10. The summed E-state index contributed by atoms with van der Waals surface area (Å²) < 4.78 is 16.9. The maximum absolute atomic E-state index is 12.8. The second-order valence-corrected chi connectivity index (χ2v) is 20.2. The summed E-state index contributed by atoms with van der Waals surface area (Å²) in [5.41, 5.74) is 0. The minimum atomic E-state index is -0.798. The third-order valence-electron chi connectivity index (χ3n) is 13.3. The molecule has 0 radical (unpaired) electrons. The van der Waals surface area contributed by atoms with E-state index < -0.39 is 6.10 Å². The topological polar surface area (TPSA) is 78.9 Å². The van der Waals surface area contributed by atoms with Gasteiger partial charge in [-0.05, 0) is 83.5 Å². The normalized spacial score (nSPS) is 12.4. The van der Waals surface area contributed by atoms with Gasteiger partial charge in [-0.15, -0.1) is 0 Å². The predicted octanol–water partition coefficient (Wildman–Crippen LogP) is 20.4. The number of esters is 3. The SMILES string of the molecule is CC/C=C\C/C=C\C/C=C\C/C=C\CCCCC(=O)OC(COC(=O)CCCCCCC/C=C\CCCCCCCC)COC(=O)CCCCCCCCCCCCCCCCCCCCCCCC. The van der Waals surface area contributed by atoms with E-state index in [2.05, 4.69) is 81.5 Å². The monoisotopic (exact) mass is 979 g/mol. The van der Waals surface area contributed by atoms with Gasteiger partial charge in [-0.2, -0.15) is 0 Å². The van der Waals surface area contributed by atoms with Crippen LogP contribution < -0.4 is 0 Å². The molecule has 0 aromatic rings. The summed E-state index contributed by atoms with van der Waals surface area (Å²) in [5.74, 6) is -0.927. The molecule has 0 aromatic heterocycles. The number of carbonyl (C=O) groups excluding carboxylic acids is 3. The smallest absolute Gasteiger partial charge is 0.306 e. The number of ether oxygens (including phenoxy) is 3. The van der Waals surface area contributed by atoms with Crippen molar-refractivity contribution in [2.45, 2.75) is 316 Å². The Hall–Kier alpha value is -2.89. The van der Waals surface area contributed by atoms with Crippen LogP contribution in [0.25, 0.3) is 0 Å². The average molecular weight is 980 g/mol. The van der Waals surface area contributed by atoms with Crippen molar-refractivity contribution in [2.75, 3.05) is 13.2 Å². The molecule has 406 valence electrons. The van der Waals surface area contributed by atoms with E-state index in [4.69, 9.17) is 14.2 Å². The minimum absolute atomic E-state index is 0.0908. The van der Waals surface area contributed by atoms with Gasteiger partial charge in [-0.25, -0.2) is 0 Å². The molecule has 1 atom stereocenters. The molecule has 0 heterocycles. The summed E-state index contributed by atoms with van der Waals surface area (Å²) in [6, 6.07) is 0. The zero-order valence-electron chi connectivity index (χ0n) is 46.5. The van der Waals surface area contributed by atoms with Crippen molar-refractivity contribution in [3.63, 3.8) is 0 Å². The molecule has 0 amide bonds. The molecule has 0 saturated carbocycles. The first-order chi connectivity index (χ1) is 34.5. The third kappa shape index (κ3) is 56.0. The third-order valence-corrected chi connectivity index (χ3v) is 13.3. The van der Waals surface area contributed by atoms with E-state index in [0.717, 1.165) is 83.5 Å². The van der Waals surface area contributed by atoms with Crippen molar-refractivity contribution < 1.29 is 28.6 Å². The van der Waals surface area contributed by atoms with E-state index in [9.17, 15) is 14.4 Å². The molecule has 0 aliphatic carbocycles. The fourth-order valence-corrected chi connectivity index (χ4v) is 8.72. The van der Waals surface area contributed by atoms with Crippen molar-refractivity contribution >= 4 is 17.9 Å². The molecule has 0 saturated heterocycles. The first-order valence-corrected chi connectivity index (χ1v) is 30.3. The molecule has 0 N–H and O–H groups in total. The fourth-order valence-electron chi connectivity index (χ4n) is 8.72. The van der Waals surface area contributed by atoms with E-state index in [-0.39, 0.29) is 37.5 Å². The molecule has 0 fully saturated rings. The molecule has 0 aromatic carbocycles. The first-order valence-electron chi connectivity index (χ1n) is 30.3. The van der Waals surface area contributed by atoms with Gasteiger partial charge < -0.3 is 14.2 Å². The van der Waals surface area contributed by atoms with Gasteiger partial charge >= 0.3 is 17.9 Å². The van der Waals surface area contributed by atoms with Crippen molar-refractivity contribution in [3.8, 4) is 0 Å². The van der Waals surface area contributed by atoms with Crippen molar-refractivity contribution in [2.24, 2.45) is 0 Å². The first kappa shape index (κ1) is 67.1. The molecule has 6 heteroatoms. The van der Waals surface area contributed by atoms with E-state index >= 15 is 0 Å². The summed E-state index contributed by atoms with van der Waals surface area (Å²) in [4.78, 5) is 38.2. The average Bonchev–Trinajstić information content (AvgIpc) is 3.36. The Labute approximate surface area is 434 Å². The highest BCUT2D eigenvalue weighted by molar-refractivity contribution is 5.71. The van der Waals surface area contributed by atoms with Crippen LogP contribution in [0.15, 0.2) is 60.8 Å². The Kier molecular flexibility index (Phi) is 56.3. The highest BCUT2D eigenvalue weighted by atomic mass is 16.6. The van der Waals surface area contributed by atoms with Crippen LogP contribution in [-0.2, 0) is 28.6 Å². The van der Waals surface area contributed by atoms with Crippen molar-refractivity contribution in [3.05, 3.63) is 60.8 Å². The maximum Gasteiger partial charge on any atom is 0.306 e. The second kappa shape index (κ2) is 58.7. The highest BCUT2D eigenvalue weighted by Crippen LogP contribution is 2.17. The van der Waals surface area contributed by atoms with E-state index in [1.807, 2.05) is 0 Å². The molecular weight excluding hydrogens is 865 g/mol. The van der Waals surface area contributed by atoms with Crippen molar-refractivity contribution in [1.82, 2.24) is 0 Å². The molecule has 0 rings (SSSR count). The van der Waals surface area contributed by atoms with Crippen LogP contribution in [0.5, 0.6) is 0 Å². The molecule has 70 heavy (non-hydrogen) atoms. The second-order valence-electron chi connectivity index (χ2n) is 20.2. The molecular formula is C64H114O6. The summed E-state index contributed by atoms with van der Waals surface area (Å²) in [5, 5.41) is 0. The van der Waals surface area contributed by atoms with Gasteiger partial charge in [0.15, 0.2) is 6.10 Å². The van der Waals surface area contributed by atoms with Crippen LogP contribution in [0.3, 0.4) is 0 Å². The minimum Gasteiger partial charge on any atom is -0.462 e. The van der Waals surface area contributed by atoms with E-state index in [0.29, 0.717) is 19.3 Å². The summed E-state index contributed by atoms with van der Waals surface area (Å²) in [7, 11) is 0. The number of rotatable bonds is 55. The molecule has 0 aliphatic heterocycles. The number of hydrogen-bond acceptors (Lipinski definition) is 6. The number of hydrogen-bond donors (Lipinski definition) is 0. The maximum atomic E-state index is 12.8. The van der Waals surface area contributed by atoms with Gasteiger partial charge in [0.2, 0.25) is 0 Å². The van der Waals surface area contributed by atoms with E-state index in [1.165, 1.54) is 180 Å². The lowest BCUT2D eigenvalue weighted by Crippen LogP contribution is -2.30. The van der Waals surface area contributed by atoms with Crippen LogP contribution in [0.4, 0.5) is 0 Å². The summed E-state index contributed by atoms with van der Waals surface area (Å²) in [6.07, 6.45) is 73.7. The zero-order chi connectivity index (χ0) is 50.7. The highest BCUT2D eigenvalue weighted by Gasteiger charge is 2.19. The fraction of sp³-hybridized carbons (Fsp3) is 0.797. The van der Waals surface area contributed by atoms with Gasteiger partial charge in [0.1, 0.15) is 13.2 Å². The largest absolute Gasteiger partial charge is 0.462 e. The standard InChI is InChI=1S/C64H114O6/c1-4-7-10-13-16-19-22-25-28-29-30-31-32-33-34-37-39-42-45-48-51-54-57-63(66)69-60-61(70-64(67)58-55-52-49-46-43-40-36-27-24-21-18-15-12-9-6-3)59-68-62(65)56-53-50-47-44-41-38-35-26-23-20-17-14-11-8-5-2/h9,12,18,21,26-27,35-36,43,46,61H,4-8,10-11,13-17,19-20,22-25,28-34,37-42,44-45,47-60H2,1-3H3/b12-9-,21-18-,35-26-,36-27-,46-43-. The lowest BCUT2D eigenvalue weighted by molar-refractivity contribution is -0.167. The Morgan fingerprint density at radius 3 is 0.914 bits per heavy atom. The summed E-state index contributed by atoms with van der Waals surface area (Å²) >= 11 is 0. The molecule has 0 bridgehead atoms. The zero-order valence-corrected chi connectivity index (χ0v) is 46.5. The Bertz CT molecular complexity index is 1260. The molecule has 0 spiro atoms. The number of unbranched alkanes of at least 4 members (excludes halogenated alkanes) is 34. The van der Waals surface area contributed by atoms with Gasteiger partial charge in [0.05, 0.1) is 0 Å². The van der Waals surface area contributed by atoms with Crippen LogP contribution in [0.2, 0.25) is 0 Å². The Balaban J connectivity index is 4.34. The predicted molar refractivity (Wildman–Crippen MR) is 302 cm³/mol. The van der Waals surface area contributed by atoms with Crippen LogP contribution >= 0.6 is 0 Å². The Morgan fingerprint density at radius 2 is 0.557 bits per heavy atom. The van der Waals surface area contributed by atoms with E-state index in [1.54, 1.807) is 0 Å². The van der Waals surface area contributed by atoms with Gasteiger partial charge in [0.25, 0.3) is 0 Å². The van der Waals surface area contributed by atoms with Crippen molar-refractivity contribution in [1.29, 1.82) is 0 Å². The van der Waals surface area contributed by atoms with Gasteiger partial charge in [0, 0.05) is 19.3 Å². The van der Waals surface area contributed by atoms with Gasteiger partial charge in [-0.1, -0.05) is 268 Å². The molecule has 1 unspecified atom stereocenters. The molecule has 6 nitrogen and oxygen atoms in total. The van der Waals surface area contributed by atoms with Crippen LogP contribution in [0.1, 0.15) is 310 Å². The lowest BCUT2D eigenvalue weighted by Gasteiger charge is -2.18.